The van der Waals surface area contributed by atoms with Crippen molar-refractivity contribution in [2.75, 3.05) is 31.9 Å². The Morgan fingerprint density at radius 3 is 2.32 bits per heavy atom. The summed E-state index contributed by atoms with van der Waals surface area (Å²) >= 11 is 3.47. The minimum Gasteiger partial charge on any atom is -0.295 e. The van der Waals surface area contributed by atoms with Gasteiger partial charge < -0.3 is 0 Å². The molecule has 0 amide bonds. The van der Waals surface area contributed by atoms with Crippen molar-refractivity contribution in [2.24, 2.45) is 0 Å². The van der Waals surface area contributed by atoms with Gasteiger partial charge in [-0.25, -0.2) is 8.42 Å². The Hall–Kier alpha value is -0.470. The highest BCUT2D eigenvalue weighted by molar-refractivity contribution is 9.10. The van der Waals surface area contributed by atoms with Gasteiger partial charge in [0.25, 0.3) is 0 Å². The maximum atomic E-state index is 13.0. The summed E-state index contributed by atoms with van der Waals surface area (Å²) < 4.78 is 27.5. The molecule has 0 N–H and O–H groups in total. The molecule has 1 aliphatic heterocycles. The van der Waals surface area contributed by atoms with E-state index in [-0.39, 0.29) is 29.5 Å². The summed E-state index contributed by atoms with van der Waals surface area (Å²) in [5.74, 6) is 0.452. The summed E-state index contributed by atoms with van der Waals surface area (Å²) in [7, 11) is -3.13. The van der Waals surface area contributed by atoms with E-state index in [1.165, 1.54) is 19.3 Å². The molecule has 1 aromatic rings. The summed E-state index contributed by atoms with van der Waals surface area (Å²) in [6, 6.07) is 5.86. The summed E-state index contributed by atoms with van der Waals surface area (Å²) in [5.41, 5.74) is 1.87. The number of rotatable bonds is 8. The molecule has 2 aliphatic rings. The molecular weight excluding hydrogens is 500 g/mol. The molecular formula is C23H36BrClN2O3S. The van der Waals surface area contributed by atoms with Crippen LogP contribution in [0.5, 0.6) is 0 Å². The van der Waals surface area contributed by atoms with E-state index in [1.54, 1.807) is 4.31 Å². The van der Waals surface area contributed by atoms with Crippen LogP contribution in [0.3, 0.4) is 0 Å². The molecule has 2 fully saturated rings. The van der Waals surface area contributed by atoms with Crippen LogP contribution in [0, 0.1) is 6.92 Å². The molecule has 176 valence electrons. The fourth-order valence-electron chi connectivity index (χ4n) is 5.18. The molecule has 31 heavy (non-hydrogen) atoms. The second-order valence-corrected chi connectivity index (χ2v) is 11.9. The van der Waals surface area contributed by atoms with Gasteiger partial charge in [-0.3, -0.25) is 9.69 Å². The largest absolute Gasteiger partial charge is 0.295 e. The fourth-order valence-corrected chi connectivity index (χ4v) is 7.15. The second-order valence-electron chi connectivity index (χ2n) is 8.87. The lowest BCUT2D eigenvalue weighted by molar-refractivity contribution is 0.0165. The lowest BCUT2D eigenvalue weighted by atomic mass is 9.76. The molecule has 0 spiro atoms. The normalized spacial score (nSPS) is 20.2. The second kappa shape index (κ2) is 11.6. The van der Waals surface area contributed by atoms with Crippen molar-refractivity contribution in [2.45, 2.75) is 70.8 Å². The Kier molecular flexibility index (Phi) is 10.0. The Morgan fingerprint density at radius 2 is 1.74 bits per heavy atom. The van der Waals surface area contributed by atoms with Crippen molar-refractivity contribution in [3.63, 3.8) is 0 Å². The van der Waals surface area contributed by atoms with E-state index in [4.69, 9.17) is 0 Å². The number of Topliss-reactive ketones (excluding diaryl/α,β-unsaturated/α-hetero) is 1. The lowest BCUT2D eigenvalue weighted by Crippen LogP contribution is -2.58. The number of nitrogens with zero attached hydrogens (tertiary/aromatic N) is 2. The van der Waals surface area contributed by atoms with Crippen LogP contribution in [-0.2, 0) is 10.0 Å². The average molecular weight is 536 g/mol. The van der Waals surface area contributed by atoms with Gasteiger partial charge in [0.05, 0.1) is 5.75 Å². The highest BCUT2D eigenvalue weighted by Crippen LogP contribution is 2.38. The van der Waals surface area contributed by atoms with Gasteiger partial charge in [-0.2, -0.15) is 4.31 Å². The van der Waals surface area contributed by atoms with Gasteiger partial charge in [-0.05, 0) is 50.3 Å². The Bertz CT molecular complexity index is 848. The molecule has 0 atom stereocenters. The standard InChI is InChI=1S/C23H35BrN2O3S.ClH/c1-3-17-30(28,29)26-15-13-25(14-16-26)23(10-5-4-6-11-23)12-9-22(27)21-8-7-20(24)18-19(21)2;/h7-8,18H,3-6,9-17H2,1-2H3;1H. The first kappa shape index (κ1) is 26.8. The van der Waals surface area contributed by atoms with Crippen LogP contribution in [0.15, 0.2) is 22.7 Å². The highest BCUT2D eigenvalue weighted by atomic mass is 79.9. The zero-order valence-corrected chi connectivity index (χ0v) is 22.0. The van der Waals surface area contributed by atoms with E-state index in [1.807, 2.05) is 32.0 Å². The number of hydrogen-bond acceptors (Lipinski definition) is 4. The molecule has 1 heterocycles. The Balaban J connectivity index is 0.00000341. The van der Waals surface area contributed by atoms with Crippen molar-refractivity contribution >= 4 is 44.1 Å². The van der Waals surface area contributed by atoms with E-state index >= 15 is 0 Å². The lowest BCUT2D eigenvalue weighted by Gasteiger charge is -2.50. The third kappa shape index (κ3) is 6.53. The van der Waals surface area contributed by atoms with Gasteiger partial charge in [0.1, 0.15) is 0 Å². The SMILES string of the molecule is CCCS(=O)(=O)N1CCN(C2(CCC(=O)c3ccc(Br)cc3C)CCCCC2)CC1.Cl. The maximum absolute atomic E-state index is 13.0. The Labute approximate surface area is 202 Å². The quantitative estimate of drug-likeness (QED) is 0.429. The predicted octanol–water partition coefficient (Wildman–Crippen LogP) is 5.20. The first-order valence-electron chi connectivity index (χ1n) is 11.3. The average Bonchev–Trinajstić information content (AvgIpc) is 2.73. The summed E-state index contributed by atoms with van der Waals surface area (Å²) in [5, 5.41) is 0. The molecule has 1 saturated carbocycles. The molecule has 1 aromatic carbocycles. The number of carbonyl (C=O) groups excluding carboxylic acids is 1. The zero-order chi connectivity index (χ0) is 21.8. The van der Waals surface area contributed by atoms with Crippen LogP contribution in [-0.4, -0.2) is 60.9 Å². The van der Waals surface area contributed by atoms with Crippen LogP contribution in [0.2, 0.25) is 0 Å². The molecule has 8 heteroatoms. The van der Waals surface area contributed by atoms with E-state index in [0.717, 1.165) is 48.0 Å². The van der Waals surface area contributed by atoms with E-state index in [9.17, 15) is 13.2 Å². The predicted molar refractivity (Wildman–Crippen MR) is 133 cm³/mol. The molecule has 1 aliphatic carbocycles. The summed E-state index contributed by atoms with van der Waals surface area (Å²) in [6.45, 7) is 6.59. The van der Waals surface area contributed by atoms with Crippen molar-refractivity contribution in [3.05, 3.63) is 33.8 Å². The van der Waals surface area contributed by atoms with Crippen LogP contribution in [0.4, 0.5) is 0 Å². The number of hydrogen-bond donors (Lipinski definition) is 0. The van der Waals surface area contributed by atoms with Crippen LogP contribution in [0.1, 0.15) is 74.2 Å². The van der Waals surface area contributed by atoms with E-state index in [2.05, 4.69) is 20.8 Å². The first-order chi connectivity index (χ1) is 14.3. The van der Waals surface area contributed by atoms with E-state index < -0.39 is 10.0 Å². The van der Waals surface area contributed by atoms with Gasteiger partial charge in [-0.15, -0.1) is 12.4 Å². The highest BCUT2D eigenvalue weighted by Gasteiger charge is 2.40. The van der Waals surface area contributed by atoms with Crippen molar-refractivity contribution in [1.29, 1.82) is 0 Å². The van der Waals surface area contributed by atoms with Crippen LogP contribution in [0.25, 0.3) is 0 Å². The first-order valence-corrected chi connectivity index (χ1v) is 13.7. The fraction of sp³-hybridized carbons (Fsp3) is 0.696. The van der Waals surface area contributed by atoms with Gasteiger partial charge in [0.2, 0.25) is 10.0 Å². The summed E-state index contributed by atoms with van der Waals surface area (Å²) in [6.07, 6.45) is 7.94. The van der Waals surface area contributed by atoms with Crippen LogP contribution < -0.4 is 0 Å². The number of sulfonamides is 1. The number of aryl methyl sites for hydroxylation is 1. The minimum atomic E-state index is -3.13. The molecule has 3 rings (SSSR count). The molecule has 0 bridgehead atoms. The minimum absolute atomic E-state index is 0. The van der Waals surface area contributed by atoms with Crippen LogP contribution >= 0.6 is 28.3 Å². The van der Waals surface area contributed by atoms with Gasteiger partial charge in [0, 0.05) is 48.2 Å². The smallest absolute Gasteiger partial charge is 0.214 e. The third-order valence-electron chi connectivity index (χ3n) is 6.86. The number of benzene rings is 1. The molecule has 1 saturated heterocycles. The van der Waals surface area contributed by atoms with Crippen molar-refractivity contribution < 1.29 is 13.2 Å². The van der Waals surface area contributed by atoms with Gasteiger partial charge in [0.15, 0.2) is 5.78 Å². The number of carbonyl (C=O) groups is 1. The van der Waals surface area contributed by atoms with Gasteiger partial charge in [-0.1, -0.05) is 48.2 Å². The molecule has 0 radical (unpaired) electrons. The number of halogens is 2. The topological polar surface area (TPSA) is 57.7 Å². The number of piperazine rings is 1. The summed E-state index contributed by atoms with van der Waals surface area (Å²) in [4.78, 5) is 15.5. The van der Waals surface area contributed by atoms with Gasteiger partial charge >= 0.3 is 0 Å². The molecule has 0 unspecified atom stereocenters. The van der Waals surface area contributed by atoms with Crippen molar-refractivity contribution in [3.8, 4) is 0 Å². The monoisotopic (exact) mass is 534 g/mol. The molecule has 0 aromatic heterocycles. The van der Waals surface area contributed by atoms with Crippen molar-refractivity contribution in [1.82, 2.24) is 9.21 Å². The maximum Gasteiger partial charge on any atom is 0.214 e. The third-order valence-corrected chi connectivity index (χ3v) is 9.42. The molecule has 5 nitrogen and oxygen atoms in total. The zero-order valence-electron chi connectivity index (χ0n) is 18.7. The number of ketones is 1. The van der Waals surface area contributed by atoms with E-state index in [0.29, 0.717) is 25.9 Å². The Morgan fingerprint density at radius 1 is 1.10 bits per heavy atom.